The van der Waals surface area contributed by atoms with Crippen LogP contribution in [0.4, 0.5) is 11.4 Å². The van der Waals surface area contributed by atoms with E-state index in [1.165, 1.54) is 0 Å². The first-order chi connectivity index (χ1) is 13.7. The Morgan fingerprint density at radius 3 is 2.64 bits per heavy atom. The Morgan fingerprint density at radius 2 is 1.86 bits per heavy atom. The molecule has 0 atom stereocenters. The number of benzene rings is 2. The largest absolute Gasteiger partial charge is 0.378 e. The number of ether oxygens (including phenoxy) is 1. The Bertz CT molecular complexity index is 862. The van der Waals surface area contributed by atoms with Crippen LogP contribution in [0.1, 0.15) is 28.8 Å². The summed E-state index contributed by atoms with van der Waals surface area (Å²) in [5.74, 6) is 0.0459. The van der Waals surface area contributed by atoms with E-state index in [-0.39, 0.29) is 11.8 Å². The zero-order chi connectivity index (χ0) is 19.3. The van der Waals surface area contributed by atoms with Crippen molar-refractivity contribution < 1.29 is 14.3 Å². The molecule has 2 fully saturated rings. The van der Waals surface area contributed by atoms with Crippen molar-refractivity contribution in [2.75, 3.05) is 43.1 Å². The van der Waals surface area contributed by atoms with Crippen molar-refractivity contribution in [2.24, 2.45) is 0 Å². The van der Waals surface area contributed by atoms with Gasteiger partial charge in [-0.3, -0.25) is 9.59 Å². The zero-order valence-corrected chi connectivity index (χ0v) is 15.9. The molecule has 4 rings (SSSR count). The Morgan fingerprint density at radius 1 is 1.04 bits per heavy atom. The number of amides is 2. The lowest BCUT2D eigenvalue weighted by molar-refractivity contribution is -0.128. The maximum absolute atomic E-state index is 12.9. The van der Waals surface area contributed by atoms with Gasteiger partial charge >= 0.3 is 0 Å². The smallest absolute Gasteiger partial charge is 0.255 e. The molecule has 2 heterocycles. The Balaban J connectivity index is 1.48. The molecule has 2 aliphatic heterocycles. The molecule has 0 radical (unpaired) electrons. The highest BCUT2D eigenvalue weighted by Crippen LogP contribution is 2.27. The summed E-state index contributed by atoms with van der Waals surface area (Å²) < 4.78 is 5.43. The predicted molar refractivity (Wildman–Crippen MR) is 109 cm³/mol. The number of morpholine rings is 1. The minimum atomic E-state index is -0.143. The number of likely N-dealkylation sites (tertiary alicyclic amines) is 1. The molecule has 2 saturated heterocycles. The number of nitrogens with one attached hydrogen (secondary N) is 1. The van der Waals surface area contributed by atoms with Gasteiger partial charge in [0.25, 0.3) is 5.91 Å². The van der Waals surface area contributed by atoms with E-state index in [0.29, 0.717) is 31.7 Å². The first-order valence-electron chi connectivity index (χ1n) is 9.80. The zero-order valence-electron chi connectivity index (χ0n) is 15.9. The highest BCUT2D eigenvalue weighted by Gasteiger charge is 2.21. The molecule has 1 N–H and O–H groups in total. The van der Waals surface area contributed by atoms with E-state index in [1.807, 2.05) is 53.4 Å². The molecule has 146 valence electrons. The summed E-state index contributed by atoms with van der Waals surface area (Å²) >= 11 is 0. The normalized spacial score (nSPS) is 17.1. The van der Waals surface area contributed by atoms with Crippen LogP contribution in [-0.2, 0) is 16.1 Å². The van der Waals surface area contributed by atoms with Gasteiger partial charge in [0, 0.05) is 38.2 Å². The monoisotopic (exact) mass is 379 g/mol. The average molecular weight is 379 g/mol. The van der Waals surface area contributed by atoms with Crippen LogP contribution in [-0.4, -0.2) is 49.6 Å². The molecule has 0 aliphatic carbocycles. The molecule has 0 aromatic heterocycles. The third-order valence-electron chi connectivity index (χ3n) is 5.24. The summed E-state index contributed by atoms with van der Waals surface area (Å²) in [4.78, 5) is 28.8. The Hall–Kier alpha value is -2.86. The van der Waals surface area contributed by atoms with Crippen molar-refractivity contribution in [1.29, 1.82) is 0 Å². The Labute approximate surface area is 165 Å². The topological polar surface area (TPSA) is 61.9 Å². The number of hydrogen-bond donors (Lipinski definition) is 1. The third-order valence-corrected chi connectivity index (χ3v) is 5.24. The van der Waals surface area contributed by atoms with Gasteiger partial charge in [-0.1, -0.05) is 24.3 Å². The highest BCUT2D eigenvalue weighted by molar-refractivity contribution is 6.06. The number of carbonyl (C=O) groups excluding carboxylic acids is 2. The lowest BCUT2D eigenvalue weighted by Gasteiger charge is -2.30. The summed E-state index contributed by atoms with van der Waals surface area (Å²) in [6, 6.07) is 15.4. The molecule has 0 spiro atoms. The van der Waals surface area contributed by atoms with Crippen LogP contribution in [0, 0.1) is 0 Å². The molecule has 2 amide bonds. The summed E-state index contributed by atoms with van der Waals surface area (Å²) in [6.45, 7) is 4.37. The summed E-state index contributed by atoms with van der Waals surface area (Å²) in [5, 5.41) is 3.05. The van der Waals surface area contributed by atoms with Gasteiger partial charge in [0.15, 0.2) is 0 Å². The lowest BCUT2D eigenvalue weighted by Crippen LogP contribution is -2.36. The molecule has 6 heteroatoms. The lowest BCUT2D eigenvalue weighted by atomic mass is 10.1. The number of nitrogens with zero attached hydrogens (tertiary/aromatic N) is 2. The molecular formula is C22H25N3O3. The van der Waals surface area contributed by atoms with Crippen LogP contribution in [0.2, 0.25) is 0 Å². The van der Waals surface area contributed by atoms with Crippen LogP contribution < -0.4 is 10.2 Å². The van der Waals surface area contributed by atoms with Crippen molar-refractivity contribution >= 4 is 23.2 Å². The van der Waals surface area contributed by atoms with Gasteiger partial charge in [0.1, 0.15) is 0 Å². The first kappa shape index (κ1) is 18.5. The Kier molecular flexibility index (Phi) is 5.58. The van der Waals surface area contributed by atoms with E-state index < -0.39 is 0 Å². The second-order valence-corrected chi connectivity index (χ2v) is 7.19. The van der Waals surface area contributed by atoms with Crippen molar-refractivity contribution in [3.8, 4) is 0 Å². The fraction of sp³-hybridized carbons (Fsp3) is 0.364. The molecule has 0 unspecified atom stereocenters. The number of hydrogen-bond acceptors (Lipinski definition) is 4. The van der Waals surface area contributed by atoms with E-state index in [0.717, 1.165) is 43.0 Å². The highest BCUT2D eigenvalue weighted by atomic mass is 16.5. The second kappa shape index (κ2) is 8.44. The molecule has 2 aromatic rings. The van der Waals surface area contributed by atoms with Gasteiger partial charge in [-0.2, -0.15) is 0 Å². The van der Waals surface area contributed by atoms with Crippen LogP contribution in [0.5, 0.6) is 0 Å². The fourth-order valence-corrected chi connectivity index (χ4v) is 3.76. The average Bonchev–Trinajstić information content (AvgIpc) is 3.14. The molecular weight excluding hydrogens is 354 g/mol. The number of para-hydroxylation sites is 2. The van der Waals surface area contributed by atoms with Gasteiger partial charge in [0.05, 0.1) is 24.6 Å². The number of rotatable bonds is 5. The van der Waals surface area contributed by atoms with E-state index in [4.69, 9.17) is 4.74 Å². The van der Waals surface area contributed by atoms with Crippen LogP contribution in [0.15, 0.2) is 48.5 Å². The predicted octanol–water partition coefficient (Wildman–Crippen LogP) is 2.90. The van der Waals surface area contributed by atoms with Crippen LogP contribution >= 0.6 is 0 Å². The first-order valence-corrected chi connectivity index (χ1v) is 9.80. The van der Waals surface area contributed by atoms with E-state index >= 15 is 0 Å². The molecule has 0 saturated carbocycles. The SMILES string of the molecule is O=C(Nc1ccccc1N1CCOCC1)c1cccc(CN2CCCC2=O)c1. The minimum absolute atomic E-state index is 0.143. The van der Waals surface area contributed by atoms with Crippen molar-refractivity contribution in [3.05, 3.63) is 59.7 Å². The minimum Gasteiger partial charge on any atom is -0.378 e. The van der Waals surface area contributed by atoms with Gasteiger partial charge in [-0.25, -0.2) is 0 Å². The van der Waals surface area contributed by atoms with E-state index in [2.05, 4.69) is 10.2 Å². The summed E-state index contributed by atoms with van der Waals surface area (Å²) in [5.41, 5.74) is 3.39. The van der Waals surface area contributed by atoms with Crippen LogP contribution in [0.3, 0.4) is 0 Å². The third kappa shape index (κ3) is 4.17. The van der Waals surface area contributed by atoms with Crippen LogP contribution in [0.25, 0.3) is 0 Å². The molecule has 6 nitrogen and oxygen atoms in total. The van der Waals surface area contributed by atoms with Crippen molar-refractivity contribution in [1.82, 2.24) is 4.90 Å². The van der Waals surface area contributed by atoms with Gasteiger partial charge in [-0.15, -0.1) is 0 Å². The molecule has 0 bridgehead atoms. The van der Waals surface area contributed by atoms with E-state index in [1.54, 1.807) is 0 Å². The maximum Gasteiger partial charge on any atom is 0.255 e. The quantitative estimate of drug-likeness (QED) is 0.868. The summed E-state index contributed by atoms with van der Waals surface area (Å²) in [7, 11) is 0. The van der Waals surface area contributed by atoms with Crippen molar-refractivity contribution in [2.45, 2.75) is 19.4 Å². The standard InChI is InChI=1S/C22H25N3O3/c26-21-9-4-10-25(21)16-17-5-3-6-18(15-17)22(27)23-19-7-1-2-8-20(19)24-11-13-28-14-12-24/h1-3,5-8,15H,4,9-14,16H2,(H,23,27). The molecule has 28 heavy (non-hydrogen) atoms. The number of anilines is 2. The number of carbonyl (C=O) groups is 2. The maximum atomic E-state index is 12.9. The van der Waals surface area contributed by atoms with Gasteiger partial charge in [-0.05, 0) is 36.2 Å². The molecule has 2 aromatic carbocycles. The van der Waals surface area contributed by atoms with Gasteiger partial charge < -0.3 is 19.9 Å². The fourth-order valence-electron chi connectivity index (χ4n) is 3.76. The van der Waals surface area contributed by atoms with E-state index in [9.17, 15) is 9.59 Å². The van der Waals surface area contributed by atoms with Gasteiger partial charge in [0.2, 0.25) is 5.91 Å². The molecule has 2 aliphatic rings. The second-order valence-electron chi connectivity index (χ2n) is 7.19. The summed E-state index contributed by atoms with van der Waals surface area (Å²) in [6.07, 6.45) is 1.54. The van der Waals surface area contributed by atoms with Crippen molar-refractivity contribution in [3.63, 3.8) is 0 Å².